The van der Waals surface area contributed by atoms with E-state index in [9.17, 15) is 18.3 Å². The number of carboxylic acids is 1. The fourth-order valence-electron chi connectivity index (χ4n) is 2.65. The molecule has 1 aliphatic heterocycles. The zero-order valence-corrected chi connectivity index (χ0v) is 13.3. The number of sulfonamides is 1. The topological polar surface area (TPSA) is 74.7 Å². The van der Waals surface area contributed by atoms with Gasteiger partial charge in [0.2, 0.25) is 10.0 Å². The van der Waals surface area contributed by atoms with Gasteiger partial charge in [0, 0.05) is 18.1 Å². The van der Waals surface area contributed by atoms with Crippen LogP contribution in [0.5, 0.6) is 0 Å². The second-order valence-electron chi connectivity index (χ2n) is 5.30. The molecule has 1 aromatic rings. The molecule has 1 saturated heterocycles. The van der Waals surface area contributed by atoms with Gasteiger partial charge in [0.1, 0.15) is 0 Å². The van der Waals surface area contributed by atoms with E-state index in [1.165, 1.54) is 16.4 Å². The highest BCUT2D eigenvalue weighted by Gasteiger charge is 2.42. The Hall–Kier alpha value is -1.11. The van der Waals surface area contributed by atoms with Crippen LogP contribution in [0, 0.1) is 5.41 Å². The predicted molar refractivity (Wildman–Crippen MR) is 79.8 cm³/mol. The van der Waals surface area contributed by atoms with Crippen molar-refractivity contribution in [2.24, 2.45) is 5.41 Å². The molecule has 0 saturated carbocycles. The van der Waals surface area contributed by atoms with Crippen LogP contribution in [-0.4, -0.2) is 36.9 Å². The average Bonchev–Trinajstić information content (AvgIpc) is 2.47. The Bertz CT molecular complexity index is 636. The Morgan fingerprint density at radius 2 is 2.00 bits per heavy atom. The minimum Gasteiger partial charge on any atom is -0.481 e. The summed E-state index contributed by atoms with van der Waals surface area (Å²) in [5.41, 5.74) is -0.805. The molecule has 0 aliphatic carbocycles. The van der Waals surface area contributed by atoms with Crippen molar-refractivity contribution in [2.75, 3.05) is 13.1 Å². The summed E-state index contributed by atoms with van der Waals surface area (Å²) in [5, 5.41) is 9.71. The molecule has 0 spiro atoms. The Kier molecular flexibility index (Phi) is 4.60. The first-order chi connectivity index (χ1) is 9.82. The predicted octanol–water partition coefficient (Wildman–Crippen LogP) is 2.61. The number of carboxylic acid groups (broad SMARTS) is 1. The third-order valence-electron chi connectivity index (χ3n) is 4.24. The number of halogens is 1. The van der Waals surface area contributed by atoms with Gasteiger partial charge in [0.25, 0.3) is 0 Å². The Morgan fingerprint density at radius 3 is 2.48 bits per heavy atom. The van der Waals surface area contributed by atoms with E-state index in [1.807, 2.05) is 6.92 Å². The molecule has 116 valence electrons. The minimum absolute atomic E-state index is 0.148. The van der Waals surface area contributed by atoms with Gasteiger partial charge in [-0.25, -0.2) is 8.42 Å². The standard InChI is InChI=1S/C14H18ClNO4S/c1-2-14(13(17)18)6-8-16(9-7-14)21(19,20)12-5-3-4-11(15)10-12/h3-5,10H,2,6-9H2,1H3,(H,17,18). The average molecular weight is 332 g/mol. The van der Waals surface area contributed by atoms with Crippen LogP contribution >= 0.6 is 11.6 Å². The number of benzene rings is 1. The van der Waals surface area contributed by atoms with E-state index in [1.54, 1.807) is 12.1 Å². The number of aliphatic carboxylic acids is 1. The van der Waals surface area contributed by atoms with Crippen LogP contribution in [0.1, 0.15) is 26.2 Å². The molecular weight excluding hydrogens is 314 g/mol. The van der Waals surface area contributed by atoms with Crippen LogP contribution in [0.4, 0.5) is 0 Å². The van der Waals surface area contributed by atoms with Crippen molar-refractivity contribution in [3.8, 4) is 0 Å². The molecule has 0 unspecified atom stereocenters. The van der Waals surface area contributed by atoms with E-state index < -0.39 is 21.4 Å². The Labute approximate surface area is 129 Å². The van der Waals surface area contributed by atoms with Crippen LogP contribution in [0.3, 0.4) is 0 Å². The van der Waals surface area contributed by atoms with Gasteiger partial charge in [-0.15, -0.1) is 0 Å². The number of piperidine rings is 1. The van der Waals surface area contributed by atoms with Gasteiger partial charge in [0.15, 0.2) is 0 Å². The van der Waals surface area contributed by atoms with Gasteiger partial charge in [-0.2, -0.15) is 4.31 Å². The van der Waals surface area contributed by atoms with Crippen molar-refractivity contribution >= 4 is 27.6 Å². The summed E-state index contributed by atoms with van der Waals surface area (Å²) >= 11 is 5.84. The smallest absolute Gasteiger partial charge is 0.309 e. The van der Waals surface area contributed by atoms with Crippen molar-refractivity contribution in [1.29, 1.82) is 0 Å². The number of carbonyl (C=O) groups is 1. The molecule has 0 atom stereocenters. The SMILES string of the molecule is CCC1(C(=O)O)CCN(S(=O)(=O)c2cccc(Cl)c2)CC1. The molecule has 1 N–H and O–H groups in total. The minimum atomic E-state index is -3.61. The Balaban J connectivity index is 2.20. The van der Waals surface area contributed by atoms with Crippen molar-refractivity contribution < 1.29 is 18.3 Å². The van der Waals surface area contributed by atoms with E-state index in [2.05, 4.69) is 0 Å². The molecule has 7 heteroatoms. The summed E-state index contributed by atoms with van der Waals surface area (Å²) in [4.78, 5) is 11.5. The van der Waals surface area contributed by atoms with Gasteiger partial charge in [-0.3, -0.25) is 4.79 Å². The van der Waals surface area contributed by atoms with E-state index in [0.717, 1.165) is 0 Å². The molecule has 2 rings (SSSR count). The van der Waals surface area contributed by atoms with E-state index in [0.29, 0.717) is 24.3 Å². The van der Waals surface area contributed by atoms with Crippen LogP contribution in [0.15, 0.2) is 29.2 Å². The molecule has 0 bridgehead atoms. The maximum atomic E-state index is 12.5. The molecular formula is C14H18ClNO4S. The molecule has 21 heavy (non-hydrogen) atoms. The third kappa shape index (κ3) is 3.07. The normalized spacial score (nSPS) is 19.3. The van der Waals surface area contributed by atoms with Crippen molar-refractivity contribution in [3.63, 3.8) is 0 Å². The Morgan fingerprint density at radius 1 is 1.38 bits per heavy atom. The van der Waals surface area contributed by atoms with Crippen molar-refractivity contribution in [3.05, 3.63) is 29.3 Å². The zero-order chi connectivity index (χ0) is 15.7. The lowest BCUT2D eigenvalue weighted by Gasteiger charge is -2.37. The first-order valence-electron chi connectivity index (χ1n) is 6.81. The first-order valence-corrected chi connectivity index (χ1v) is 8.63. The first kappa shape index (κ1) is 16.3. The van der Waals surface area contributed by atoms with Crippen LogP contribution < -0.4 is 0 Å². The maximum Gasteiger partial charge on any atom is 0.309 e. The number of nitrogens with zero attached hydrogens (tertiary/aromatic N) is 1. The second-order valence-corrected chi connectivity index (χ2v) is 7.67. The molecule has 1 heterocycles. The largest absolute Gasteiger partial charge is 0.481 e. The number of hydrogen-bond acceptors (Lipinski definition) is 3. The van der Waals surface area contributed by atoms with Gasteiger partial charge in [0.05, 0.1) is 10.3 Å². The zero-order valence-electron chi connectivity index (χ0n) is 11.8. The fourth-order valence-corrected chi connectivity index (χ4v) is 4.39. The van der Waals surface area contributed by atoms with E-state index in [-0.39, 0.29) is 18.0 Å². The number of hydrogen-bond donors (Lipinski definition) is 1. The molecule has 0 amide bonds. The molecule has 0 aromatic heterocycles. The highest BCUT2D eigenvalue weighted by molar-refractivity contribution is 7.89. The summed E-state index contributed by atoms with van der Waals surface area (Å²) in [6.45, 7) is 2.26. The lowest BCUT2D eigenvalue weighted by molar-refractivity contribution is -0.151. The van der Waals surface area contributed by atoms with E-state index >= 15 is 0 Å². The summed E-state index contributed by atoms with van der Waals surface area (Å²) in [6.07, 6.45) is 1.17. The summed E-state index contributed by atoms with van der Waals surface area (Å²) in [5.74, 6) is -0.843. The summed E-state index contributed by atoms with van der Waals surface area (Å²) in [7, 11) is -3.61. The van der Waals surface area contributed by atoms with Crippen LogP contribution in [0.25, 0.3) is 0 Å². The maximum absolute atomic E-state index is 12.5. The number of rotatable bonds is 4. The van der Waals surface area contributed by atoms with Crippen LogP contribution in [-0.2, 0) is 14.8 Å². The van der Waals surface area contributed by atoms with Gasteiger partial charge < -0.3 is 5.11 Å². The van der Waals surface area contributed by atoms with Crippen molar-refractivity contribution in [1.82, 2.24) is 4.31 Å². The highest BCUT2D eigenvalue weighted by Crippen LogP contribution is 2.37. The van der Waals surface area contributed by atoms with Gasteiger partial charge >= 0.3 is 5.97 Å². The highest BCUT2D eigenvalue weighted by atomic mass is 35.5. The second kappa shape index (κ2) is 5.94. The molecule has 1 aromatic carbocycles. The molecule has 5 nitrogen and oxygen atoms in total. The monoisotopic (exact) mass is 331 g/mol. The molecule has 0 radical (unpaired) electrons. The van der Waals surface area contributed by atoms with Crippen molar-refractivity contribution in [2.45, 2.75) is 31.1 Å². The van der Waals surface area contributed by atoms with Gasteiger partial charge in [-0.05, 0) is 37.5 Å². The summed E-state index contributed by atoms with van der Waals surface area (Å²) < 4.78 is 26.4. The van der Waals surface area contributed by atoms with E-state index in [4.69, 9.17) is 11.6 Å². The summed E-state index contributed by atoms with van der Waals surface area (Å²) in [6, 6.07) is 6.12. The third-order valence-corrected chi connectivity index (χ3v) is 6.37. The fraction of sp³-hybridized carbons (Fsp3) is 0.500. The molecule has 1 aliphatic rings. The quantitative estimate of drug-likeness (QED) is 0.920. The van der Waals surface area contributed by atoms with Crippen LogP contribution in [0.2, 0.25) is 5.02 Å². The lowest BCUT2D eigenvalue weighted by atomic mass is 9.77. The lowest BCUT2D eigenvalue weighted by Crippen LogP contribution is -2.46. The molecule has 1 fully saturated rings. The van der Waals surface area contributed by atoms with Gasteiger partial charge in [-0.1, -0.05) is 24.6 Å².